The Morgan fingerprint density at radius 1 is 1.12 bits per heavy atom. The quantitative estimate of drug-likeness (QED) is 0.704. The highest BCUT2D eigenvalue weighted by atomic mass is 19.1. The van der Waals surface area contributed by atoms with Gasteiger partial charge in [0.25, 0.3) is 5.91 Å². The van der Waals surface area contributed by atoms with Gasteiger partial charge in [0.15, 0.2) is 17.3 Å². The van der Waals surface area contributed by atoms with Crippen molar-refractivity contribution in [1.82, 2.24) is 0 Å². The van der Waals surface area contributed by atoms with Crippen LogP contribution in [0.25, 0.3) is 0 Å². The molecule has 0 radical (unpaired) electrons. The minimum absolute atomic E-state index is 0.0736. The number of aryl methyl sites for hydroxylation is 1. The first kappa shape index (κ1) is 17.5. The predicted octanol–water partition coefficient (Wildman–Crippen LogP) is 4.57. The maximum Gasteiger partial charge on any atom is 0.291 e. The molecule has 0 aliphatic carbocycles. The van der Waals surface area contributed by atoms with Gasteiger partial charge < -0.3 is 19.2 Å². The van der Waals surface area contributed by atoms with Gasteiger partial charge in [-0.2, -0.15) is 0 Å². The summed E-state index contributed by atoms with van der Waals surface area (Å²) in [6.07, 6.45) is 0. The third kappa shape index (κ3) is 4.03. The van der Waals surface area contributed by atoms with Crippen LogP contribution in [-0.2, 0) is 6.61 Å². The Hall–Kier alpha value is -3.28. The number of rotatable bonds is 6. The Labute approximate surface area is 150 Å². The van der Waals surface area contributed by atoms with E-state index in [9.17, 15) is 9.18 Å². The highest BCUT2D eigenvalue weighted by Crippen LogP contribution is 2.27. The van der Waals surface area contributed by atoms with Crippen molar-refractivity contribution in [1.29, 1.82) is 0 Å². The third-order valence-electron chi connectivity index (χ3n) is 3.69. The number of halogens is 1. The molecule has 1 amide bonds. The fourth-order valence-corrected chi connectivity index (χ4v) is 2.38. The summed E-state index contributed by atoms with van der Waals surface area (Å²) in [7, 11) is 1.56. The first-order chi connectivity index (χ1) is 12.6. The van der Waals surface area contributed by atoms with Gasteiger partial charge >= 0.3 is 0 Å². The molecule has 2 aromatic carbocycles. The molecule has 134 valence electrons. The molecule has 0 unspecified atom stereocenters. The zero-order chi connectivity index (χ0) is 18.5. The Bertz CT molecular complexity index is 920. The van der Waals surface area contributed by atoms with Crippen LogP contribution in [0.4, 0.5) is 10.1 Å². The number of furan rings is 1. The average molecular weight is 355 g/mol. The lowest BCUT2D eigenvalue weighted by atomic mass is 10.2. The fraction of sp³-hybridized carbons (Fsp3) is 0.150. The second-order valence-corrected chi connectivity index (χ2v) is 5.64. The highest BCUT2D eigenvalue weighted by molar-refractivity contribution is 6.02. The Morgan fingerprint density at radius 3 is 2.65 bits per heavy atom. The molecule has 5 nitrogen and oxygen atoms in total. The van der Waals surface area contributed by atoms with E-state index in [1.807, 2.05) is 19.1 Å². The van der Waals surface area contributed by atoms with Crippen molar-refractivity contribution in [2.75, 3.05) is 12.4 Å². The molecule has 6 heteroatoms. The van der Waals surface area contributed by atoms with Crippen LogP contribution in [-0.4, -0.2) is 13.0 Å². The van der Waals surface area contributed by atoms with E-state index in [0.717, 1.165) is 5.56 Å². The SMILES string of the molecule is COc1ccccc1OCc1ccc(C(=O)Nc2cc(C)ccc2F)o1. The molecule has 0 spiro atoms. The summed E-state index contributed by atoms with van der Waals surface area (Å²) in [5, 5.41) is 2.50. The van der Waals surface area contributed by atoms with Gasteiger partial charge in [0.05, 0.1) is 12.8 Å². The topological polar surface area (TPSA) is 60.7 Å². The summed E-state index contributed by atoms with van der Waals surface area (Å²) in [5.74, 6) is 0.676. The first-order valence-electron chi connectivity index (χ1n) is 7.99. The van der Waals surface area contributed by atoms with E-state index >= 15 is 0 Å². The molecule has 0 fully saturated rings. The molecule has 0 atom stereocenters. The molecule has 3 aromatic rings. The third-order valence-corrected chi connectivity index (χ3v) is 3.69. The number of hydrogen-bond acceptors (Lipinski definition) is 4. The molecule has 1 heterocycles. The van der Waals surface area contributed by atoms with Gasteiger partial charge in [-0.25, -0.2) is 4.39 Å². The van der Waals surface area contributed by atoms with E-state index < -0.39 is 11.7 Å². The van der Waals surface area contributed by atoms with Gasteiger partial charge in [-0.15, -0.1) is 0 Å². The fourth-order valence-electron chi connectivity index (χ4n) is 2.38. The van der Waals surface area contributed by atoms with Crippen LogP contribution < -0.4 is 14.8 Å². The number of methoxy groups -OCH3 is 1. The summed E-state index contributed by atoms with van der Waals surface area (Å²) in [4.78, 5) is 12.2. The van der Waals surface area contributed by atoms with Crippen LogP contribution in [0.1, 0.15) is 21.9 Å². The normalized spacial score (nSPS) is 10.4. The van der Waals surface area contributed by atoms with Crippen molar-refractivity contribution in [2.24, 2.45) is 0 Å². The van der Waals surface area contributed by atoms with E-state index in [2.05, 4.69) is 5.32 Å². The number of ether oxygens (including phenoxy) is 2. The molecule has 1 N–H and O–H groups in total. The maximum atomic E-state index is 13.8. The van der Waals surface area contributed by atoms with Crippen molar-refractivity contribution >= 4 is 11.6 Å². The van der Waals surface area contributed by atoms with Crippen LogP contribution in [0, 0.1) is 12.7 Å². The van der Waals surface area contributed by atoms with E-state index in [1.54, 1.807) is 37.4 Å². The van der Waals surface area contributed by atoms with Crippen LogP contribution in [0.2, 0.25) is 0 Å². The smallest absolute Gasteiger partial charge is 0.291 e. The van der Waals surface area contributed by atoms with Crippen molar-refractivity contribution < 1.29 is 23.1 Å². The number of carbonyl (C=O) groups is 1. The summed E-state index contributed by atoms with van der Waals surface area (Å²) < 4.78 is 30.1. The molecule has 0 aliphatic heterocycles. The molecule has 26 heavy (non-hydrogen) atoms. The van der Waals surface area contributed by atoms with Crippen LogP contribution in [0.15, 0.2) is 59.0 Å². The number of amides is 1. The van der Waals surface area contributed by atoms with E-state index in [1.165, 1.54) is 12.1 Å². The molecule has 0 aliphatic rings. The number of para-hydroxylation sites is 2. The lowest BCUT2D eigenvalue weighted by molar-refractivity contribution is 0.0992. The Balaban J connectivity index is 1.65. The van der Waals surface area contributed by atoms with Crippen molar-refractivity contribution in [2.45, 2.75) is 13.5 Å². The van der Waals surface area contributed by atoms with Crippen molar-refractivity contribution in [3.63, 3.8) is 0 Å². The number of anilines is 1. The molecule has 1 aromatic heterocycles. The molecule has 0 bridgehead atoms. The number of benzene rings is 2. The van der Waals surface area contributed by atoms with Gasteiger partial charge in [-0.3, -0.25) is 4.79 Å². The standard InChI is InChI=1S/C20H18FNO4/c1-13-7-9-15(21)16(11-13)22-20(23)19-10-8-14(26-19)12-25-18-6-4-3-5-17(18)24-2/h3-11H,12H2,1-2H3,(H,22,23). The van der Waals surface area contributed by atoms with Gasteiger partial charge in [0.1, 0.15) is 18.2 Å². The van der Waals surface area contributed by atoms with Gasteiger partial charge in [0, 0.05) is 0 Å². The van der Waals surface area contributed by atoms with Crippen LogP contribution >= 0.6 is 0 Å². The highest BCUT2D eigenvalue weighted by Gasteiger charge is 2.14. The minimum atomic E-state index is -0.530. The van der Waals surface area contributed by atoms with Crippen molar-refractivity contribution in [3.8, 4) is 11.5 Å². The van der Waals surface area contributed by atoms with E-state index in [0.29, 0.717) is 17.3 Å². The molecular weight excluding hydrogens is 337 g/mol. The monoisotopic (exact) mass is 355 g/mol. The summed E-state index contributed by atoms with van der Waals surface area (Å²) in [5.41, 5.74) is 0.949. The average Bonchev–Trinajstić information content (AvgIpc) is 3.12. The first-order valence-corrected chi connectivity index (χ1v) is 7.99. The van der Waals surface area contributed by atoms with Gasteiger partial charge in [0.2, 0.25) is 0 Å². The van der Waals surface area contributed by atoms with E-state index in [4.69, 9.17) is 13.9 Å². The second kappa shape index (κ2) is 7.74. The zero-order valence-corrected chi connectivity index (χ0v) is 14.4. The Morgan fingerprint density at radius 2 is 1.88 bits per heavy atom. The molecular formula is C20H18FNO4. The predicted molar refractivity (Wildman–Crippen MR) is 95.1 cm³/mol. The molecule has 3 rings (SSSR count). The molecule has 0 saturated carbocycles. The summed E-state index contributed by atoms with van der Waals surface area (Å²) in [6.45, 7) is 1.95. The van der Waals surface area contributed by atoms with Crippen molar-refractivity contribution in [3.05, 3.63) is 77.5 Å². The number of nitrogens with one attached hydrogen (secondary N) is 1. The number of carbonyl (C=O) groups excluding carboxylic acids is 1. The maximum absolute atomic E-state index is 13.8. The summed E-state index contributed by atoms with van der Waals surface area (Å²) in [6, 6.07) is 14.9. The zero-order valence-electron chi connectivity index (χ0n) is 14.4. The van der Waals surface area contributed by atoms with Crippen LogP contribution in [0.5, 0.6) is 11.5 Å². The second-order valence-electron chi connectivity index (χ2n) is 5.64. The number of hydrogen-bond donors (Lipinski definition) is 1. The lowest BCUT2D eigenvalue weighted by Gasteiger charge is -2.09. The lowest BCUT2D eigenvalue weighted by Crippen LogP contribution is -2.12. The van der Waals surface area contributed by atoms with E-state index in [-0.39, 0.29) is 18.1 Å². The Kier molecular flexibility index (Phi) is 5.22. The summed E-state index contributed by atoms with van der Waals surface area (Å²) >= 11 is 0. The minimum Gasteiger partial charge on any atom is -0.493 e. The molecule has 0 saturated heterocycles. The largest absolute Gasteiger partial charge is 0.493 e. The van der Waals surface area contributed by atoms with Gasteiger partial charge in [-0.1, -0.05) is 18.2 Å². The van der Waals surface area contributed by atoms with Crippen LogP contribution in [0.3, 0.4) is 0 Å². The van der Waals surface area contributed by atoms with Gasteiger partial charge in [-0.05, 0) is 48.9 Å².